The van der Waals surface area contributed by atoms with Gasteiger partial charge in [0, 0.05) is 12.6 Å². The van der Waals surface area contributed by atoms with Gasteiger partial charge in [0.2, 0.25) is 5.91 Å². The largest absolute Gasteiger partial charge is 0.337 e. The number of nitrogens with one attached hydrogen (secondary N) is 1. The summed E-state index contributed by atoms with van der Waals surface area (Å²) in [5, 5.41) is 2.95. The highest BCUT2D eigenvalue weighted by atomic mass is 16.2. The van der Waals surface area contributed by atoms with Crippen LogP contribution in [0.5, 0.6) is 0 Å². The number of carbonyl (C=O) groups is 2. The Bertz CT molecular complexity index is 368. The van der Waals surface area contributed by atoms with E-state index in [1.807, 2.05) is 0 Å². The highest BCUT2D eigenvalue weighted by Crippen LogP contribution is 2.43. The molecule has 1 spiro atoms. The molecule has 0 aromatic heterocycles. The first-order valence-corrected chi connectivity index (χ1v) is 7.24. The number of urea groups is 1. The third kappa shape index (κ3) is 1.73. The first-order chi connectivity index (χ1) is 8.62. The molecule has 2 aliphatic carbocycles. The van der Waals surface area contributed by atoms with Crippen molar-refractivity contribution in [3.63, 3.8) is 0 Å². The molecule has 0 radical (unpaired) electrons. The van der Waals surface area contributed by atoms with Gasteiger partial charge >= 0.3 is 6.03 Å². The van der Waals surface area contributed by atoms with E-state index < -0.39 is 0 Å². The quantitative estimate of drug-likeness (QED) is 0.776. The van der Waals surface area contributed by atoms with E-state index in [-0.39, 0.29) is 23.4 Å². The fourth-order valence-corrected chi connectivity index (χ4v) is 3.44. The van der Waals surface area contributed by atoms with Crippen LogP contribution >= 0.6 is 0 Å². The molecule has 1 saturated heterocycles. The summed E-state index contributed by atoms with van der Waals surface area (Å²) in [6, 6.07) is 0.0166. The second-order valence-corrected chi connectivity index (χ2v) is 6.38. The third-order valence-electron chi connectivity index (χ3n) is 5.14. The number of nitrogens with zero attached hydrogens (tertiary/aromatic N) is 1. The van der Waals surface area contributed by atoms with Crippen LogP contribution in [0.1, 0.15) is 51.9 Å². The zero-order valence-electron chi connectivity index (χ0n) is 11.1. The number of hydrogen-bond acceptors (Lipinski definition) is 2. The lowest BCUT2D eigenvalue weighted by molar-refractivity contribution is -0.147. The van der Waals surface area contributed by atoms with E-state index in [4.69, 9.17) is 0 Å². The van der Waals surface area contributed by atoms with Gasteiger partial charge in [0.25, 0.3) is 0 Å². The molecule has 4 heteroatoms. The molecule has 0 aromatic carbocycles. The number of amides is 3. The van der Waals surface area contributed by atoms with Crippen molar-refractivity contribution in [1.29, 1.82) is 0 Å². The number of carbonyl (C=O) groups excluding carboxylic acids is 2. The Labute approximate surface area is 108 Å². The van der Waals surface area contributed by atoms with Gasteiger partial charge in [0.1, 0.15) is 0 Å². The van der Waals surface area contributed by atoms with Crippen LogP contribution < -0.4 is 5.32 Å². The molecule has 0 atom stereocenters. The monoisotopic (exact) mass is 250 g/mol. The minimum absolute atomic E-state index is 0.114. The Morgan fingerprint density at radius 2 is 1.83 bits per heavy atom. The van der Waals surface area contributed by atoms with Gasteiger partial charge in [0.15, 0.2) is 0 Å². The standard InChI is InChI=1S/C14H22N2O2/c1-10-5-7-14(8-6-10)9-15-13(18)16(12(14)17)11-3-2-4-11/h10-11H,2-9H2,1H3,(H,15,18). The van der Waals surface area contributed by atoms with Crippen molar-refractivity contribution in [2.45, 2.75) is 57.9 Å². The van der Waals surface area contributed by atoms with E-state index >= 15 is 0 Å². The second kappa shape index (κ2) is 4.25. The molecule has 0 aromatic rings. The fraction of sp³-hybridized carbons (Fsp3) is 0.857. The van der Waals surface area contributed by atoms with Gasteiger partial charge < -0.3 is 5.32 Å². The lowest BCUT2D eigenvalue weighted by atomic mass is 9.68. The Morgan fingerprint density at radius 3 is 2.39 bits per heavy atom. The molecule has 100 valence electrons. The molecule has 3 fully saturated rings. The molecule has 0 bridgehead atoms. The van der Waals surface area contributed by atoms with Crippen LogP contribution in [0.2, 0.25) is 0 Å². The Hall–Kier alpha value is -1.06. The van der Waals surface area contributed by atoms with E-state index in [1.165, 1.54) is 0 Å². The topological polar surface area (TPSA) is 49.4 Å². The zero-order valence-corrected chi connectivity index (χ0v) is 11.1. The first-order valence-electron chi connectivity index (χ1n) is 7.24. The average molecular weight is 250 g/mol. The summed E-state index contributed by atoms with van der Waals surface area (Å²) in [5.41, 5.74) is -0.282. The van der Waals surface area contributed by atoms with Gasteiger partial charge in [-0.3, -0.25) is 9.69 Å². The summed E-state index contributed by atoms with van der Waals surface area (Å²) >= 11 is 0. The van der Waals surface area contributed by atoms with Gasteiger partial charge in [-0.2, -0.15) is 0 Å². The highest BCUT2D eigenvalue weighted by molar-refractivity contribution is 6.00. The molecule has 18 heavy (non-hydrogen) atoms. The second-order valence-electron chi connectivity index (χ2n) is 6.38. The molecule has 0 unspecified atom stereocenters. The van der Waals surface area contributed by atoms with Gasteiger partial charge in [0.05, 0.1) is 5.41 Å². The van der Waals surface area contributed by atoms with E-state index in [2.05, 4.69) is 12.2 Å². The van der Waals surface area contributed by atoms with Crippen molar-refractivity contribution in [3.05, 3.63) is 0 Å². The fourth-order valence-electron chi connectivity index (χ4n) is 3.44. The molecule has 3 amide bonds. The van der Waals surface area contributed by atoms with Crippen molar-refractivity contribution < 1.29 is 9.59 Å². The molecule has 2 saturated carbocycles. The Kier molecular flexibility index (Phi) is 2.83. The molecule has 3 rings (SSSR count). The van der Waals surface area contributed by atoms with Crippen LogP contribution in [-0.2, 0) is 4.79 Å². The maximum absolute atomic E-state index is 12.7. The van der Waals surface area contributed by atoms with Crippen LogP contribution in [0.15, 0.2) is 0 Å². The van der Waals surface area contributed by atoms with E-state index in [9.17, 15) is 9.59 Å². The van der Waals surface area contributed by atoms with Crippen LogP contribution in [0, 0.1) is 11.3 Å². The van der Waals surface area contributed by atoms with Gasteiger partial charge in [-0.15, -0.1) is 0 Å². The summed E-state index contributed by atoms with van der Waals surface area (Å²) in [4.78, 5) is 26.2. The van der Waals surface area contributed by atoms with Crippen molar-refractivity contribution >= 4 is 11.9 Å². The maximum atomic E-state index is 12.7. The normalized spacial score (nSPS) is 37.6. The molecular formula is C14H22N2O2. The van der Waals surface area contributed by atoms with Crippen LogP contribution in [0.3, 0.4) is 0 Å². The predicted molar refractivity (Wildman–Crippen MR) is 67.9 cm³/mol. The molecule has 1 aliphatic heterocycles. The first kappa shape index (κ1) is 12.0. The van der Waals surface area contributed by atoms with Crippen molar-refractivity contribution in [2.24, 2.45) is 11.3 Å². The zero-order chi connectivity index (χ0) is 12.8. The predicted octanol–water partition coefficient (Wildman–Crippen LogP) is 2.29. The summed E-state index contributed by atoms with van der Waals surface area (Å²) in [6.45, 7) is 2.81. The van der Waals surface area contributed by atoms with E-state index in [1.54, 1.807) is 4.90 Å². The van der Waals surface area contributed by atoms with Gasteiger partial charge in [-0.05, 0) is 50.9 Å². The van der Waals surface area contributed by atoms with Gasteiger partial charge in [-0.1, -0.05) is 6.92 Å². The van der Waals surface area contributed by atoms with Crippen LogP contribution in [-0.4, -0.2) is 29.4 Å². The van der Waals surface area contributed by atoms with Crippen LogP contribution in [0.25, 0.3) is 0 Å². The number of hydrogen-bond donors (Lipinski definition) is 1. The number of imide groups is 1. The minimum Gasteiger partial charge on any atom is -0.337 e. The third-order valence-corrected chi connectivity index (χ3v) is 5.14. The average Bonchev–Trinajstić information content (AvgIpc) is 2.31. The molecular weight excluding hydrogens is 228 g/mol. The lowest BCUT2D eigenvalue weighted by Gasteiger charge is -2.48. The van der Waals surface area contributed by atoms with Crippen molar-refractivity contribution in [1.82, 2.24) is 10.2 Å². The van der Waals surface area contributed by atoms with E-state index in [0.29, 0.717) is 6.54 Å². The summed E-state index contributed by atoms with van der Waals surface area (Å²) in [5.74, 6) is 0.834. The smallest absolute Gasteiger partial charge is 0.324 e. The van der Waals surface area contributed by atoms with Crippen molar-refractivity contribution in [2.75, 3.05) is 6.54 Å². The molecule has 1 N–H and O–H groups in total. The molecule has 1 heterocycles. The SMILES string of the molecule is CC1CCC2(CC1)CNC(=O)N(C1CCC1)C2=O. The van der Waals surface area contributed by atoms with Gasteiger partial charge in [-0.25, -0.2) is 4.79 Å². The lowest BCUT2D eigenvalue weighted by Crippen LogP contribution is -2.64. The highest BCUT2D eigenvalue weighted by Gasteiger charge is 2.50. The Morgan fingerprint density at radius 1 is 1.17 bits per heavy atom. The summed E-state index contributed by atoms with van der Waals surface area (Å²) in [6.07, 6.45) is 7.23. The Balaban J connectivity index is 1.80. The van der Waals surface area contributed by atoms with Crippen molar-refractivity contribution in [3.8, 4) is 0 Å². The summed E-state index contributed by atoms with van der Waals surface area (Å²) in [7, 11) is 0. The number of rotatable bonds is 1. The van der Waals surface area contributed by atoms with Crippen LogP contribution in [0.4, 0.5) is 4.79 Å². The molecule has 3 aliphatic rings. The summed E-state index contributed by atoms with van der Waals surface area (Å²) < 4.78 is 0. The van der Waals surface area contributed by atoms with E-state index in [0.717, 1.165) is 50.9 Å². The minimum atomic E-state index is -0.282. The molecule has 4 nitrogen and oxygen atoms in total. The maximum Gasteiger partial charge on any atom is 0.324 e.